The molecule has 110 valence electrons. The van der Waals surface area contributed by atoms with Gasteiger partial charge < -0.3 is 5.32 Å². The monoisotopic (exact) mass is 292 g/mol. The third-order valence-corrected chi connectivity index (χ3v) is 3.30. The first-order valence-corrected chi connectivity index (χ1v) is 7.02. The molecule has 0 saturated heterocycles. The fourth-order valence-electron chi connectivity index (χ4n) is 2.10. The van der Waals surface area contributed by atoms with Crippen LogP contribution in [-0.2, 0) is 6.54 Å². The molecule has 3 rings (SSSR count). The van der Waals surface area contributed by atoms with Gasteiger partial charge in [-0.1, -0.05) is 29.8 Å². The lowest BCUT2D eigenvalue weighted by atomic mass is 10.1. The van der Waals surface area contributed by atoms with Crippen LogP contribution in [0.25, 0.3) is 11.3 Å². The largest absolute Gasteiger partial charge is 0.352 e. The smallest absolute Gasteiger partial charge is 0.252 e. The number of pyridine rings is 1. The normalized spacial score (nSPS) is 10.4. The van der Waals surface area contributed by atoms with E-state index in [4.69, 9.17) is 0 Å². The number of aromatic nitrogens is 3. The van der Waals surface area contributed by atoms with Crippen molar-refractivity contribution in [1.82, 2.24) is 15.0 Å². The van der Waals surface area contributed by atoms with Crippen LogP contribution in [-0.4, -0.2) is 15.0 Å². The Kier molecular flexibility index (Phi) is 3.96. The molecule has 0 aliphatic carbocycles. The number of anilines is 1. The van der Waals surface area contributed by atoms with Crippen molar-refractivity contribution < 1.29 is 0 Å². The van der Waals surface area contributed by atoms with Crippen LogP contribution < -0.4 is 10.9 Å². The summed E-state index contributed by atoms with van der Waals surface area (Å²) in [7, 11) is 0. The second kappa shape index (κ2) is 6.22. The molecule has 2 N–H and O–H groups in total. The number of hydrogen-bond acceptors (Lipinski definition) is 4. The highest BCUT2D eigenvalue weighted by Gasteiger charge is 2.04. The van der Waals surface area contributed by atoms with Crippen molar-refractivity contribution in [3.63, 3.8) is 0 Å². The number of hydrogen-bond donors (Lipinski definition) is 2. The van der Waals surface area contributed by atoms with Gasteiger partial charge in [-0.15, -0.1) is 0 Å². The van der Waals surface area contributed by atoms with Gasteiger partial charge in [0.05, 0.1) is 5.69 Å². The van der Waals surface area contributed by atoms with Crippen LogP contribution in [0.5, 0.6) is 0 Å². The molecular weight excluding hydrogens is 276 g/mol. The lowest BCUT2D eigenvalue weighted by Crippen LogP contribution is -2.12. The highest BCUT2D eigenvalue weighted by molar-refractivity contribution is 5.59. The summed E-state index contributed by atoms with van der Waals surface area (Å²) >= 11 is 0. The maximum absolute atomic E-state index is 11.8. The fraction of sp³-hybridized carbons (Fsp3) is 0.118. The van der Waals surface area contributed by atoms with Gasteiger partial charge in [-0.3, -0.25) is 14.8 Å². The summed E-state index contributed by atoms with van der Waals surface area (Å²) in [6, 6.07) is 13.3. The van der Waals surface area contributed by atoms with E-state index in [1.165, 1.54) is 11.6 Å². The van der Waals surface area contributed by atoms with Crippen LogP contribution in [0, 0.1) is 6.92 Å². The molecular formula is C17H16N4O. The van der Waals surface area contributed by atoms with Gasteiger partial charge in [0.25, 0.3) is 5.56 Å². The third-order valence-electron chi connectivity index (χ3n) is 3.30. The van der Waals surface area contributed by atoms with Gasteiger partial charge in [0, 0.05) is 30.6 Å². The molecule has 2 aromatic heterocycles. The van der Waals surface area contributed by atoms with Gasteiger partial charge in [-0.05, 0) is 24.6 Å². The molecule has 0 aliphatic rings. The number of aromatic amines is 1. The quantitative estimate of drug-likeness (QED) is 0.775. The Bertz CT molecular complexity index is 810. The molecule has 1 aromatic carbocycles. The van der Waals surface area contributed by atoms with E-state index >= 15 is 0 Å². The maximum atomic E-state index is 11.8. The van der Waals surface area contributed by atoms with Gasteiger partial charge in [-0.2, -0.15) is 0 Å². The zero-order chi connectivity index (χ0) is 15.4. The highest BCUT2D eigenvalue weighted by atomic mass is 16.1. The maximum Gasteiger partial charge on any atom is 0.252 e. The van der Waals surface area contributed by atoms with Gasteiger partial charge in [-0.25, -0.2) is 4.98 Å². The average Bonchev–Trinajstić information content (AvgIpc) is 2.55. The summed E-state index contributed by atoms with van der Waals surface area (Å²) in [4.78, 5) is 22.9. The molecule has 5 nitrogen and oxygen atoms in total. The molecule has 0 amide bonds. The van der Waals surface area contributed by atoms with Gasteiger partial charge in [0.2, 0.25) is 5.95 Å². The molecule has 0 bridgehead atoms. The molecule has 0 saturated carbocycles. The van der Waals surface area contributed by atoms with Crippen molar-refractivity contribution in [2.45, 2.75) is 13.5 Å². The predicted molar refractivity (Wildman–Crippen MR) is 86.6 cm³/mol. The summed E-state index contributed by atoms with van der Waals surface area (Å²) in [6.45, 7) is 2.65. The molecule has 3 aromatic rings. The first-order valence-electron chi connectivity index (χ1n) is 7.02. The van der Waals surface area contributed by atoms with Crippen molar-refractivity contribution in [2.75, 3.05) is 5.32 Å². The van der Waals surface area contributed by atoms with E-state index in [1.807, 2.05) is 24.3 Å². The van der Waals surface area contributed by atoms with Crippen LogP contribution in [0.15, 0.2) is 59.7 Å². The van der Waals surface area contributed by atoms with E-state index in [0.717, 1.165) is 11.1 Å². The lowest BCUT2D eigenvalue weighted by Gasteiger charge is -2.07. The summed E-state index contributed by atoms with van der Waals surface area (Å²) in [5, 5.41) is 3.15. The average molecular weight is 292 g/mol. The van der Waals surface area contributed by atoms with Crippen molar-refractivity contribution in [2.24, 2.45) is 0 Å². The zero-order valence-corrected chi connectivity index (χ0v) is 12.2. The van der Waals surface area contributed by atoms with E-state index in [2.05, 4.69) is 39.3 Å². The molecule has 0 aliphatic heterocycles. The Morgan fingerprint density at radius 3 is 2.55 bits per heavy atom. The Morgan fingerprint density at radius 1 is 1.09 bits per heavy atom. The summed E-state index contributed by atoms with van der Waals surface area (Å²) in [5.74, 6) is 0.458. The minimum Gasteiger partial charge on any atom is -0.352 e. The Hall–Kier alpha value is -2.95. The highest BCUT2D eigenvalue weighted by Crippen LogP contribution is 2.15. The topological polar surface area (TPSA) is 70.7 Å². The van der Waals surface area contributed by atoms with Crippen molar-refractivity contribution in [1.29, 1.82) is 0 Å². The SMILES string of the molecule is Cc1ccc(CNc2nc(-c3ccncc3)cc(=O)[nH]2)cc1. The van der Waals surface area contributed by atoms with E-state index in [9.17, 15) is 4.79 Å². The zero-order valence-electron chi connectivity index (χ0n) is 12.2. The Balaban J connectivity index is 1.81. The number of H-pyrrole nitrogens is 1. The van der Waals surface area contributed by atoms with Gasteiger partial charge in [0.1, 0.15) is 0 Å². The molecule has 2 heterocycles. The molecule has 0 fully saturated rings. The fourth-order valence-corrected chi connectivity index (χ4v) is 2.10. The van der Waals surface area contributed by atoms with Crippen molar-refractivity contribution in [3.8, 4) is 11.3 Å². The predicted octanol–water partition coefficient (Wildman–Crippen LogP) is 2.75. The molecule has 0 spiro atoms. The van der Waals surface area contributed by atoms with Crippen LogP contribution in [0.3, 0.4) is 0 Å². The third kappa shape index (κ3) is 3.38. The number of benzene rings is 1. The summed E-state index contributed by atoms with van der Waals surface area (Å²) in [5.41, 5.74) is 3.64. The summed E-state index contributed by atoms with van der Waals surface area (Å²) in [6.07, 6.45) is 3.36. The minimum absolute atomic E-state index is 0.187. The molecule has 22 heavy (non-hydrogen) atoms. The molecule has 0 unspecified atom stereocenters. The van der Waals surface area contributed by atoms with Crippen LogP contribution >= 0.6 is 0 Å². The Morgan fingerprint density at radius 2 is 1.82 bits per heavy atom. The minimum atomic E-state index is -0.187. The van der Waals surface area contributed by atoms with Crippen molar-refractivity contribution in [3.05, 3.63) is 76.3 Å². The number of rotatable bonds is 4. The number of aryl methyl sites for hydroxylation is 1. The second-order valence-electron chi connectivity index (χ2n) is 5.05. The first-order chi connectivity index (χ1) is 10.7. The van der Waals surface area contributed by atoms with Gasteiger partial charge in [0.15, 0.2) is 0 Å². The first kappa shape index (κ1) is 14.0. The Labute approximate surface area is 128 Å². The molecule has 0 radical (unpaired) electrons. The van der Waals surface area contributed by atoms with Crippen LogP contribution in [0.4, 0.5) is 5.95 Å². The van der Waals surface area contributed by atoms with Crippen LogP contribution in [0.1, 0.15) is 11.1 Å². The lowest BCUT2D eigenvalue weighted by molar-refractivity contribution is 1.04. The van der Waals surface area contributed by atoms with Crippen molar-refractivity contribution >= 4 is 5.95 Å². The number of nitrogens with one attached hydrogen (secondary N) is 2. The molecule has 5 heteroatoms. The van der Waals surface area contributed by atoms with Crippen LogP contribution in [0.2, 0.25) is 0 Å². The van der Waals surface area contributed by atoms with E-state index < -0.39 is 0 Å². The number of nitrogens with zero attached hydrogens (tertiary/aromatic N) is 2. The van der Waals surface area contributed by atoms with E-state index in [0.29, 0.717) is 18.2 Å². The summed E-state index contributed by atoms with van der Waals surface area (Å²) < 4.78 is 0. The van der Waals surface area contributed by atoms with E-state index in [1.54, 1.807) is 12.4 Å². The molecule has 0 atom stereocenters. The van der Waals surface area contributed by atoms with E-state index in [-0.39, 0.29) is 5.56 Å². The standard InChI is InChI=1S/C17H16N4O/c1-12-2-4-13(5-3-12)11-19-17-20-15(10-16(22)21-17)14-6-8-18-9-7-14/h2-10H,11H2,1H3,(H2,19,20,21,22). The second-order valence-corrected chi connectivity index (χ2v) is 5.05. The van der Waals surface area contributed by atoms with Gasteiger partial charge >= 0.3 is 0 Å².